The molecule has 1 atom stereocenters. The van der Waals surface area contributed by atoms with Crippen molar-refractivity contribution in [2.45, 2.75) is 57.6 Å². The topological polar surface area (TPSA) is 117 Å². The number of benzene rings is 1. The van der Waals surface area contributed by atoms with Crippen LogP contribution in [0.2, 0.25) is 0 Å². The largest absolute Gasteiger partial charge is 0.358 e. The lowest BCUT2D eigenvalue weighted by molar-refractivity contribution is -0.0309. The summed E-state index contributed by atoms with van der Waals surface area (Å²) >= 11 is 0. The van der Waals surface area contributed by atoms with Crippen LogP contribution in [0.3, 0.4) is 0 Å². The fourth-order valence-corrected chi connectivity index (χ4v) is 6.36. The number of nitrogens with one attached hydrogen (secondary N) is 1. The minimum Gasteiger partial charge on any atom is -0.358 e. The van der Waals surface area contributed by atoms with Crippen LogP contribution in [0.25, 0.3) is 22.4 Å². The summed E-state index contributed by atoms with van der Waals surface area (Å²) in [6.45, 7) is 6.58. The van der Waals surface area contributed by atoms with Crippen LogP contribution in [0, 0.1) is 20.8 Å². The van der Waals surface area contributed by atoms with E-state index in [1.54, 1.807) is 16.8 Å². The van der Waals surface area contributed by atoms with Crippen molar-refractivity contribution < 1.29 is 13.2 Å². The van der Waals surface area contributed by atoms with Gasteiger partial charge in [0.15, 0.2) is 15.5 Å². The Kier molecular flexibility index (Phi) is 7.32. The summed E-state index contributed by atoms with van der Waals surface area (Å²) in [4.78, 5) is 14.8. The maximum atomic E-state index is 13.0. The van der Waals surface area contributed by atoms with Gasteiger partial charge in [-0.2, -0.15) is 5.10 Å². The van der Waals surface area contributed by atoms with E-state index in [-0.39, 0.29) is 11.1 Å². The fraction of sp³-hybridized carbons (Fsp3) is 0.355. The SMILES string of the molecule is Cc1cccc(Cc2cc(Nc3ccc(-c4cc(C)n(C)n4)cc3S(C)(=O)=O)c3nc(C)n(C4CCCCO4)c3n2)n1. The van der Waals surface area contributed by atoms with E-state index in [9.17, 15) is 8.42 Å². The van der Waals surface area contributed by atoms with E-state index in [0.29, 0.717) is 41.3 Å². The zero-order valence-electron chi connectivity index (χ0n) is 24.5. The van der Waals surface area contributed by atoms with Gasteiger partial charge in [-0.15, -0.1) is 0 Å². The van der Waals surface area contributed by atoms with Crippen molar-refractivity contribution in [1.29, 1.82) is 0 Å². The van der Waals surface area contributed by atoms with E-state index in [2.05, 4.69) is 20.0 Å². The summed E-state index contributed by atoms with van der Waals surface area (Å²) in [5.41, 5.74) is 7.55. The Balaban J connectivity index is 1.48. The molecule has 218 valence electrons. The van der Waals surface area contributed by atoms with Crippen LogP contribution in [0.1, 0.15) is 54.1 Å². The highest BCUT2D eigenvalue weighted by atomic mass is 32.2. The zero-order chi connectivity index (χ0) is 29.6. The van der Waals surface area contributed by atoms with Crippen LogP contribution >= 0.6 is 0 Å². The molecule has 10 nitrogen and oxygen atoms in total. The van der Waals surface area contributed by atoms with E-state index in [1.807, 2.05) is 64.2 Å². The molecule has 0 amide bonds. The molecule has 1 saturated heterocycles. The molecule has 42 heavy (non-hydrogen) atoms. The smallest absolute Gasteiger partial charge is 0.177 e. The molecule has 5 heterocycles. The fourth-order valence-electron chi connectivity index (χ4n) is 5.50. The Bertz CT molecular complexity index is 1880. The van der Waals surface area contributed by atoms with Crippen LogP contribution in [-0.2, 0) is 28.0 Å². The standard InChI is InChI=1S/C31H35N7O3S/c1-19-9-8-10-23(32-19)17-24-18-27(30-31(34-24)38(21(3)33-30)29-11-6-7-14-41-29)35-25-13-12-22(16-28(25)42(5,39)40)26-15-20(2)37(4)36-26/h8-10,12-13,15-16,18,29H,6-7,11,14,17H2,1-5H3,(H,34,35). The third-order valence-electron chi connectivity index (χ3n) is 7.69. The Morgan fingerprint density at radius 1 is 0.976 bits per heavy atom. The van der Waals surface area contributed by atoms with Crippen LogP contribution in [0.5, 0.6) is 0 Å². The number of anilines is 2. The second kappa shape index (κ2) is 11.0. The molecular formula is C31H35N7O3S. The molecule has 1 unspecified atom stereocenters. The van der Waals surface area contributed by atoms with E-state index in [4.69, 9.17) is 14.7 Å². The molecule has 0 spiro atoms. The molecule has 0 saturated carbocycles. The van der Waals surface area contributed by atoms with Gasteiger partial charge >= 0.3 is 0 Å². The number of fused-ring (bicyclic) bond motifs is 1. The number of sulfone groups is 1. The predicted octanol–water partition coefficient (Wildman–Crippen LogP) is 5.59. The Labute approximate surface area is 245 Å². The number of hydrogen-bond donors (Lipinski definition) is 1. The molecule has 1 aliphatic rings. The maximum Gasteiger partial charge on any atom is 0.177 e. The summed E-state index contributed by atoms with van der Waals surface area (Å²) in [5.74, 6) is 0.794. The predicted molar refractivity (Wildman–Crippen MR) is 163 cm³/mol. The molecule has 1 aliphatic heterocycles. The second-order valence-corrected chi connectivity index (χ2v) is 13.0. The van der Waals surface area contributed by atoms with Crippen LogP contribution < -0.4 is 5.32 Å². The van der Waals surface area contributed by atoms with Crippen molar-refractivity contribution in [2.75, 3.05) is 18.2 Å². The number of imidazole rings is 1. The highest BCUT2D eigenvalue weighted by molar-refractivity contribution is 7.90. The van der Waals surface area contributed by atoms with Crippen LogP contribution in [0.15, 0.2) is 53.4 Å². The number of rotatable bonds is 7. The Morgan fingerprint density at radius 2 is 1.81 bits per heavy atom. The van der Waals surface area contributed by atoms with E-state index in [0.717, 1.165) is 53.4 Å². The summed E-state index contributed by atoms with van der Waals surface area (Å²) in [6, 6.07) is 15.2. The molecule has 1 N–H and O–H groups in total. The third kappa shape index (κ3) is 5.54. The van der Waals surface area contributed by atoms with Crippen LogP contribution in [0.4, 0.5) is 11.4 Å². The summed E-state index contributed by atoms with van der Waals surface area (Å²) in [5, 5.41) is 7.95. The average Bonchev–Trinajstić information content (AvgIpc) is 3.46. The highest BCUT2D eigenvalue weighted by Gasteiger charge is 2.24. The van der Waals surface area contributed by atoms with Crippen molar-refractivity contribution in [1.82, 2.24) is 29.3 Å². The number of aromatic nitrogens is 6. The second-order valence-electron chi connectivity index (χ2n) is 11.0. The Hall–Kier alpha value is -4.09. The van der Waals surface area contributed by atoms with Gasteiger partial charge < -0.3 is 10.1 Å². The van der Waals surface area contributed by atoms with E-state index >= 15 is 0 Å². The molecular weight excluding hydrogens is 550 g/mol. The van der Waals surface area contributed by atoms with Gasteiger partial charge in [0, 0.05) is 49.0 Å². The van der Waals surface area contributed by atoms with Gasteiger partial charge in [-0.25, -0.2) is 18.4 Å². The zero-order valence-corrected chi connectivity index (χ0v) is 25.4. The summed E-state index contributed by atoms with van der Waals surface area (Å²) in [7, 11) is -1.73. The number of nitrogens with zero attached hydrogens (tertiary/aromatic N) is 6. The maximum absolute atomic E-state index is 13.0. The minimum absolute atomic E-state index is 0.149. The van der Waals surface area contributed by atoms with Gasteiger partial charge in [-0.3, -0.25) is 14.2 Å². The van der Waals surface area contributed by atoms with Crippen LogP contribution in [-0.4, -0.2) is 50.6 Å². The van der Waals surface area contributed by atoms with Crippen molar-refractivity contribution in [3.63, 3.8) is 0 Å². The van der Waals surface area contributed by atoms with Crippen molar-refractivity contribution in [3.8, 4) is 11.3 Å². The lowest BCUT2D eigenvalue weighted by atomic mass is 10.1. The van der Waals surface area contributed by atoms with Gasteiger partial charge in [0.05, 0.1) is 27.7 Å². The van der Waals surface area contributed by atoms with Crippen molar-refractivity contribution in [2.24, 2.45) is 7.05 Å². The number of aryl methyl sites for hydroxylation is 4. The van der Waals surface area contributed by atoms with Gasteiger partial charge in [0.1, 0.15) is 17.6 Å². The quantitative estimate of drug-likeness (QED) is 0.263. The van der Waals surface area contributed by atoms with Gasteiger partial charge in [-0.05, 0) is 76.4 Å². The molecule has 6 rings (SSSR count). The molecule has 0 bridgehead atoms. The number of pyridine rings is 2. The van der Waals surface area contributed by atoms with Gasteiger partial charge in [0.25, 0.3) is 0 Å². The monoisotopic (exact) mass is 585 g/mol. The van der Waals surface area contributed by atoms with Crippen molar-refractivity contribution in [3.05, 3.63) is 77.1 Å². The lowest BCUT2D eigenvalue weighted by Crippen LogP contribution is -2.19. The van der Waals surface area contributed by atoms with Gasteiger partial charge in [-0.1, -0.05) is 12.1 Å². The summed E-state index contributed by atoms with van der Waals surface area (Å²) in [6.07, 6.45) is 4.57. The molecule has 1 fully saturated rings. The van der Waals surface area contributed by atoms with Gasteiger partial charge in [0.2, 0.25) is 0 Å². The molecule has 11 heteroatoms. The third-order valence-corrected chi connectivity index (χ3v) is 8.83. The molecule has 4 aromatic heterocycles. The molecule has 1 aromatic carbocycles. The van der Waals surface area contributed by atoms with E-state index < -0.39 is 9.84 Å². The lowest BCUT2D eigenvalue weighted by Gasteiger charge is -2.25. The molecule has 0 radical (unpaired) electrons. The number of hydrogen-bond acceptors (Lipinski definition) is 8. The number of ether oxygens (including phenoxy) is 1. The van der Waals surface area contributed by atoms with Crippen molar-refractivity contribution >= 4 is 32.4 Å². The first-order valence-corrected chi connectivity index (χ1v) is 16.0. The molecule has 5 aromatic rings. The minimum atomic E-state index is -3.59. The Morgan fingerprint density at radius 3 is 2.50 bits per heavy atom. The first-order valence-electron chi connectivity index (χ1n) is 14.1. The highest BCUT2D eigenvalue weighted by Crippen LogP contribution is 2.35. The summed E-state index contributed by atoms with van der Waals surface area (Å²) < 4.78 is 36.1. The normalized spacial score (nSPS) is 15.8. The first-order chi connectivity index (χ1) is 20.1. The van der Waals surface area contributed by atoms with E-state index in [1.165, 1.54) is 6.26 Å². The average molecular weight is 586 g/mol. The molecule has 0 aliphatic carbocycles. The first kappa shape index (κ1) is 28.0.